The first-order valence-electron chi connectivity index (χ1n) is 6.85. The number of aliphatic hydroxyl groups is 1. The van der Waals surface area contributed by atoms with Gasteiger partial charge in [0, 0.05) is 12.2 Å². The largest absolute Gasteiger partial charge is 0.399 e. The number of aryl methyl sites for hydroxylation is 1. The van der Waals surface area contributed by atoms with E-state index in [4.69, 9.17) is 5.73 Å². The molecule has 0 aromatic heterocycles. The number of hydrogen-bond acceptors (Lipinski definition) is 4. The van der Waals surface area contributed by atoms with E-state index in [1.165, 1.54) is 6.07 Å². The summed E-state index contributed by atoms with van der Waals surface area (Å²) in [7, 11) is -3.64. The van der Waals surface area contributed by atoms with E-state index in [1.54, 1.807) is 19.1 Å². The van der Waals surface area contributed by atoms with Crippen LogP contribution in [0.2, 0.25) is 0 Å². The van der Waals surface area contributed by atoms with Crippen molar-refractivity contribution in [2.75, 3.05) is 12.3 Å². The van der Waals surface area contributed by atoms with Crippen LogP contribution in [0.15, 0.2) is 23.1 Å². The lowest BCUT2D eigenvalue weighted by Crippen LogP contribution is -2.36. The molecule has 1 atom stereocenters. The highest BCUT2D eigenvalue weighted by atomic mass is 32.2. The minimum Gasteiger partial charge on any atom is -0.399 e. The van der Waals surface area contributed by atoms with Crippen molar-refractivity contribution in [2.45, 2.75) is 44.6 Å². The predicted molar refractivity (Wildman–Crippen MR) is 80.9 cm³/mol. The summed E-state index contributed by atoms with van der Waals surface area (Å²) in [6.45, 7) is 5.76. The fourth-order valence-electron chi connectivity index (χ4n) is 2.21. The Morgan fingerprint density at radius 3 is 2.35 bits per heavy atom. The zero-order valence-electron chi connectivity index (χ0n) is 12.3. The third-order valence-electron chi connectivity index (χ3n) is 3.46. The van der Waals surface area contributed by atoms with Gasteiger partial charge in [-0.15, -0.1) is 0 Å². The summed E-state index contributed by atoms with van der Waals surface area (Å²) in [6, 6.07) is 4.68. The monoisotopic (exact) mass is 300 g/mol. The van der Waals surface area contributed by atoms with Crippen LogP contribution in [0.5, 0.6) is 0 Å². The Kier molecular flexibility index (Phi) is 5.98. The van der Waals surface area contributed by atoms with Crippen LogP contribution >= 0.6 is 0 Å². The Balaban J connectivity index is 2.80. The van der Waals surface area contributed by atoms with E-state index in [0.717, 1.165) is 18.4 Å². The molecule has 0 spiro atoms. The number of anilines is 1. The molecule has 0 saturated carbocycles. The van der Waals surface area contributed by atoms with Gasteiger partial charge in [-0.2, -0.15) is 0 Å². The highest BCUT2D eigenvalue weighted by Gasteiger charge is 2.20. The molecule has 1 rings (SSSR count). The van der Waals surface area contributed by atoms with Crippen molar-refractivity contribution >= 4 is 15.7 Å². The molecule has 0 aliphatic carbocycles. The molecule has 114 valence electrons. The van der Waals surface area contributed by atoms with Gasteiger partial charge in [0.1, 0.15) is 0 Å². The van der Waals surface area contributed by atoms with E-state index >= 15 is 0 Å². The molecule has 20 heavy (non-hydrogen) atoms. The number of rotatable bonds is 7. The van der Waals surface area contributed by atoms with Crippen LogP contribution < -0.4 is 10.5 Å². The zero-order valence-corrected chi connectivity index (χ0v) is 13.1. The topological polar surface area (TPSA) is 92.4 Å². The van der Waals surface area contributed by atoms with Gasteiger partial charge in [0.15, 0.2) is 0 Å². The van der Waals surface area contributed by atoms with Gasteiger partial charge < -0.3 is 10.8 Å². The van der Waals surface area contributed by atoms with Crippen LogP contribution in [-0.2, 0) is 10.0 Å². The van der Waals surface area contributed by atoms with Crippen molar-refractivity contribution in [2.24, 2.45) is 5.92 Å². The molecule has 0 aliphatic heterocycles. The summed E-state index contributed by atoms with van der Waals surface area (Å²) >= 11 is 0. The van der Waals surface area contributed by atoms with Gasteiger partial charge in [-0.05, 0) is 36.6 Å². The fraction of sp³-hybridized carbons (Fsp3) is 0.571. The maximum Gasteiger partial charge on any atom is 0.240 e. The van der Waals surface area contributed by atoms with Gasteiger partial charge >= 0.3 is 0 Å². The molecule has 4 N–H and O–H groups in total. The quantitative estimate of drug-likeness (QED) is 0.668. The van der Waals surface area contributed by atoms with Crippen LogP contribution in [0.3, 0.4) is 0 Å². The number of nitrogens with two attached hydrogens (primary N) is 1. The lowest BCUT2D eigenvalue weighted by molar-refractivity contribution is 0.107. The second kappa shape index (κ2) is 7.06. The summed E-state index contributed by atoms with van der Waals surface area (Å²) in [6.07, 6.45) is 0.954. The summed E-state index contributed by atoms with van der Waals surface area (Å²) in [5.74, 6) is 0.0975. The van der Waals surface area contributed by atoms with Crippen molar-refractivity contribution in [1.29, 1.82) is 0 Å². The van der Waals surface area contributed by atoms with E-state index in [2.05, 4.69) is 4.72 Å². The third-order valence-corrected chi connectivity index (χ3v) is 4.86. The first-order chi connectivity index (χ1) is 9.30. The molecule has 0 heterocycles. The highest BCUT2D eigenvalue weighted by molar-refractivity contribution is 7.89. The summed E-state index contributed by atoms with van der Waals surface area (Å²) in [4.78, 5) is 0.131. The molecule has 1 aromatic rings. The fourth-order valence-corrected chi connectivity index (χ4v) is 3.40. The number of nitrogen functional groups attached to an aromatic ring is 1. The average Bonchev–Trinajstić information content (AvgIpc) is 2.37. The summed E-state index contributed by atoms with van der Waals surface area (Å²) in [5, 5.41) is 9.98. The van der Waals surface area contributed by atoms with Crippen LogP contribution in [-0.4, -0.2) is 26.2 Å². The van der Waals surface area contributed by atoms with Gasteiger partial charge in [-0.3, -0.25) is 0 Å². The number of aliphatic hydroxyl groups excluding tert-OH is 1. The molecule has 0 aliphatic rings. The van der Waals surface area contributed by atoms with Crippen molar-refractivity contribution in [3.05, 3.63) is 23.8 Å². The smallest absolute Gasteiger partial charge is 0.240 e. The normalized spacial score (nSPS) is 13.7. The van der Waals surface area contributed by atoms with Crippen LogP contribution in [0.1, 0.15) is 32.3 Å². The van der Waals surface area contributed by atoms with E-state index in [-0.39, 0.29) is 17.4 Å². The molecule has 0 radical (unpaired) electrons. The number of nitrogens with one attached hydrogen (secondary N) is 1. The lowest BCUT2D eigenvalue weighted by Gasteiger charge is -2.20. The standard InChI is InChI=1S/C14H24N2O3S/c1-4-11(5-2)14(17)9-16-20(18,19)13-7-10(3)6-12(15)8-13/h6-8,11,14,16-17H,4-5,9,15H2,1-3H3. The molecule has 0 bridgehead atoms. The molecule has 1 unspecified atom stereocenters. The Labute approximate surface area is 121 Å². The molecule has 5 nitrogen and oxygen atoms in total. The van der Waals surface area contributed by atoms with Crippen LogP contribution in [0, 0.1) is 12.8 Å². The van der Waals surface area contributed by atoms with Crippen LogP contribution in [0.25, 0.3) is 0 Å². The van der Waals surface area contributed by atoms with Crippen molar-refractivity contribution in [3.8, 4) is 0 Å². The maximum absolute atomic E-state index is 12.2. The molecule has 0 fully saturated rings. The number of hydrogen-bond donors (Lipinski definition) is 3. The summed E-state index contributed by atoms with van der Waals surface area (Å²) < 4.78 is 26.8. The molecular formula is C14H24N2O3S. The molecule has 1 aromatic carbocycles. The van der Waals surface area contributed by atoms with Crippen molar-refractivity contribution < 1.29 is 13.5 Å². The molecular weight excluding hydrogens is 276 g/mol. The first-order valence-corrected chi connectivity index (χ1v) is 8.33. The average molecular weight is 300 g/mol. The molecule has 6 heteroatoms. The SMILES string of the molecule is CCC(CC)C(O)CNS(=O)(=O)c1cc(C)cc(N)c1. The Hall–Kier alpha value is -1.11. The number of benzene rings is 1. The predicted octanol–water partition coefficient (Wildman–Crippen LogP) is 1.65. The number of sulfonamides is 1. The van der Waals surface area contributed by atoms with Crippen molar-refractivity contribution in [1.82, 2.24) is 4.72 Å². The Morgan fingerprint density at radius 2 is 1.85 bits per heavy atom. The Morgan fingerprint density at radius 1 is 1.25 bits per heavy atom. The summed E-state index contributed by atoms with van der Waals surface area (Å²) in [5.41, 5.74) is 6.85. The van der Waals surface area contributed by atoms with Gasteiger partial charge in [0.2, 0.25) is 10.0 Å². The minimum atomic E-state index is -3.64. The third kappa shape index (κ3) is 4.47. The first kappa shape index (κ1) is 16.9. The minimum absolute atomic E-state index is 0.0164. The zero-order chi connectivity index (χ0) is 15.3. The van der Waals surface area contributed by atoms with E-state index < -0.39 is 16.1 Å². The highest BCUT2D eigenvalue weighted by Crippen LogP contribution is 2.17. The van der Waals surface area contributed by atoms with Gasteiger partial charge in [0.25, 0.3) is 0 Å². The second-order valence-electron chi connectivity index (χ2n) is 5.08. The van der Waals surface area contributed by atoms with E-state index in [9.17, 15) is 13.5 Å². The van der Waals surface area contributed by atoms with Crippen LogP contribution in [0.4, 0.5) is 5.69 Å². The van der Waals surface area contributed by atoms with Gasteiger partial charge in [-0.25, -0.2) is 13.1 Å². The maximum atomic E-state index is 12.2. The van der Waals surface area contributed by atoms with E-state index in [0.29, 0.717) is 5.69 Å². The molecule has 0 saturated heterocycles. The van der Waals surface area contributed by atoms with E-state index in [1.807, 2.05) is 13.8 Å². The van der Waals surface area contributed by atoms with Crippen molar-refractivity contribution in [3.63, 3.8) is 0 Å². The second-order valence-corrected chi connectivity index (χ2v) is 6.84. The molecule has 0 amide bonds. The van der Waals surface area contributed by atoms with Gasteiger partial charge in [-0.1, -0.05) is 26.7 Å². The van der Waals surface area contributed by atoms with Gasteiger partial charge in [0.05, 0.1) is 11.0 Å². The lowest BCUT2D eigenvalue weighted by atomic mass is 9.97. The Bertz CT molecular complexity index is 519.